The van der Waals surface area contributed by atoms with E-state index in [9.17, 15) is 4.79 Å². The van der Waals surface area contributed by atoms with Crippen LogP contribution in [-0.4, -0.2) is 32.6 Å². The number of aromatic nitrogens is 2. The first-order valence-electron chi connectivity index (χ1n) is 3.16. The number of aromatic amines is 1. The summed E-state index contributed by atoms with van der Waals surface area (Å²) in [5, 5.41) is 8.42. The standard InChI is InChI=1S/C6H9N3O2.ClH.H2O/c7-5(6(10)11)1-4-2-8-3-9-4;;/h2-3,5H,1,7H2,(H,8,9)(H,10,11);1H;1H2/t5-;;/m0../s1/i7+1;;. The van der Waals surface area contributed by atoms with Gasteiger partial charge in [0, 0.05) is 18.3 Å². The predicted molar refractivity (Wildman–Crippen MR) is 48.8 cm³/mol. The van der Waals surface area contributed by atoms with Crippen LogP contribution in [0, 0.1) is 0 Å². The van der Waals surface area contributed by atoms with Crippen molar-refractivity contribution in [2.45, 2.75) is 12.5 Å². The van der Waals surface area contributed by atoms with Gasteiger partial charge in [-0.15, -0.1) is 12.4 Å². The van der Waals surface area contributed by atoms with Gasteiger partial charge in [0.1, 0.15) is 6.04 Å². The Balaban J connectivity index is 0. The third kappa shape index (κ3) is 4.46. The minimum Gasteiger partial charge on any atom is -0.480 e. The van der Waals surface area contributed by atoms with Gasteiger partial charge in [0.05, 0.1) is 6.33 Å². The molecule has 7 heteroatoms. The van der Waals surface area contributed by atoms with Gasteiger partial charge >= 0.3 is 5.97 Å². The van der Waals surface area contributed by atoms with Crippen LogP contribution in [0.5, 0.6) is 0 Å². The fourth-order valence-electron chi connectivity index (χ4n) is 0.721. The van der Waals surface area contributed by atoms with Gasteiger partial charge in [0.15, 0.2) is 0 Å². The number of H-pyrrole nitrogens is 1. The topological polar surface area (TPSA) is 123 Å². The molecule has 0 aliphatic rings. The second-order valence-corrected chi connectivity index (χ2v) is 2.23. The number of nitrogens with two attached hydrogens (primary N) is 1. The van der Waals surface area contributed by atoms with Crippen molar-refractivity contribution in [1.29, 1.82) is 0 Å². The summed E-state index contributed by atoms with van der Waals surface area (Å²) in [5.41, 5.74) is 6.00. The molecule has 1 rings (SSSR count). The minimum atomic E-state index is -1.00. The second-order valence-electron chi connectivity index (χ2n) is 2.23. The molecule has 0 fully saturated rings. The summed E-state index contributed by atoms with van der Waals surface area (Å²) in [7, 11) is 0. The molecule has 1 aromatic heterocycles. The summed E-state index contributed by atoms with van der Waals surface area (Å²) < 4.78 is 0. The van der Waals surface area contributed by atoms with E-state index in [4.69, 9.17) is 10.8 Å². The second kappa shape index (κ2) is 6.41. The van der Waals surface area contributed by atoms with E-state index in [-0.39, 0.29) is 24.3 Å². The highest BCUT2D eigenvalue weighted by Gasteiger charge is 2.11. The number of halogens is 1. The van der Waals surface area contributed by atoms with Crippen molar-refractivity contribution in [3.63, 3.8) is 0 Å². The summed E-state index contributed by atoms with van der Waals surface area (Å²) >= 11 is 0. The quantitative estimate of drug-likeness (QED) is 0.552. The molecule has 0 saturated carbocycles. The number of carbonyl (C=O) groups is 1. The van der Waals surface area contributed by atoms with E-state index in [2.05, 4.69) is 9.97 Å². The Morgan fingerprint density at radius 1 is 1.77 bits per heavy atom. The number of carboxylic acids is 1. The molecule has 1 heterocycles. The SMILES string of the molecule is Cl.O.[15NH2][C@@H](Cc1cnc[nH]1)C(=O)O. The number of nitrogens with one attached hydrogen (secondary N) is 1. The zero-order chi connectivity index (χ0) is 8.27. The predicted octanol–water partition coefficient (Wildman–Crippen LogP) is -1.04. The molecule has 13 heavy (non-hydrogen) atoms. The van der Waals surface area contributed by atoms with Gasteiger partial charge in [-0.25, -0.2) is 4.98 Å². The summed E-state index contributed by atoms with van der Waals surface area (Å²) in [6.45, 7) is 0. The molecule has 6 N–H and O–H groups in total. The van der Waals surface area contributed by atoms with Crippen LogP contribution in [0.3, 0.4) is 0 Å². The molecule has 0 aliphatic heterocycles. The third-order valence-electron chi connectivity index (χ3n) is 1.31. The maximum Gasteiger partial charge on any atom is 0.320 e. The van der Waals surface area contributed by atoms with Crippen LogP contribution in [0.25, 0.3) is 0 Å². The zero-order valence-electron chi connectivity index (χ0n) is 6.73. The number of rotatable bonds is 3. The third-order valence-corrected chi connectivity index (χ3v) is 1.31. The maximum atomic E-state index is 10.3. The molecule has 0 unspecified atom stereocenters. The number of aliphatic carboxylic acids is 1. The lowest BCUT2D eigenvalue weighted by molar-refractivity contribution is -0.138. The van der Waals surface area contributed by atoms with Crippen LogP contribution >= 0.6 is 12.4 Å². The zero-order valence-corrected chi connectivity index (χ0v) is 7.54. The molecule has 0 aromatic carbocycles. The summed E-state index contributed by atoms with van der Waals surface area (Å²) in [6.07, 6.45) is 3.34. The first kappa shape index (κ1) is 14.4. The maximum absolute atomic E-state index is 10.3. The van der Waals surface area contributed by atoms with Gasteiger partial charge in [0.25, 0.3) is 0 Å². The van der Waals surface area contributed by atoms with E-state index in [1.807, 2.05) is 0 Å². The summed E-state index contributed by atoms with van der Waals surface area (Å²) in [4.78, 5) is 16.8. The summed E-state index contributed by atoms with van der Waals surface area (Å²) in [5.74, 6) is -1.00. The van der Waals surface area contributed by atoms with E-state index >= 15 is 0 Å². The molecule has 0 amide bonds. The Morgan fingerprint density at radius 2 is 2.38 bits per heavy atom. The van der Waals surface area contributed by atoms with Gasteiger partial charge < -0.3 is 21.3 Å². The number of hydrogen-bond acceptors (Lipinski definition) is 3. The van der Waals surface area contributed by atoms with Crippen LogP contribution in [0.15, 0.2) is 12.5 Å². The van der Waals surface area contributed by atoms with Gasteiger partial charge in [-0.1, -0.05) is 0 Å². The molecule has 0 aliphatic carbocycles. The Labute approximate surface area is 80.9 Å². The fraction of sp³-hybridized carbons (Fsp3) is 0.333. The van der Waals surface area contributed by atoms with Crippen molar-refractivity contribution in [2.24, 2.45) is 5.73 Å². The van der Waals surface area contributed by atoms with E-state index in [1.54, 1.807) is 6.20 Å². The monoisotopic (exact) mass is 210 g/mol. The Bertz CT molecular complexity index is 239. The number of hydrogen-bond donors (Lipinski definition) is 3. The van der Waals surface area contributed by atoms with Crippen LogP contribution < -0.4 is 5.73 Å². The van der Waals surface area contributed by atoms with E-state index in [1.165, 1.54) is 6.33 Å². The molecule has 0 spiro atoms. The molecule has 0 saturated heterocycles. The van der Waals surface area contributed by atoms with Gasteiger partial charge in [-0.05, 0) is 0 Å². The van der Waals surface area contributed by atoms with Crippen LogP contribution in [0.1, 0.15) is 5.69 Å². The highest BCUT2D eigenvalue weighted by Crippen LogP contribution is 1.95. The van der Waals surface area contributed by atoms with E-state index < -0.39 is 12.0 Å². The fourth-order valence-corrected chi connectivity index (χ4v) is 0.721. The van der Waals surface area contributed by atoms with Crippen molar-refractivity contribution >= 4 is 18.4 Å². The van der Waals surface area contributed by atoms with E-state index in [0.717, 1.165) is 5.69 Å². The average Bonchev–Trinajstić information content (AvgIpc) is 2.39. The number of imidazole rings is 1. The first-order chi connectivity index (χ1) is 5.20. The minimum absolute atomic E-state index is 0. The van der Waals surface area contributed by atoms with Crippen LogP contribution in [0.2, 0.25) is 0 Å². The highest BCUT2D eigenvalue weighted by atomic mass is 35.5. The molecule has 76 valence electrons. The lowest BCUT2D eigenvalue weighted by atomic mass is 10.2. The molecule has 0 radical (unpaired) electrons. The van der Waals surface area contributed by atoms with Gasteiger partial charge in [-0.3, -0.25) is 4.79 Å². The average molecular weight is 211 g/mol. The molecule has 0 bridgehead atoms. The normalized spacial score (nSPS) is 10.8. The number of nitrogens with zero attached hydrogens (tertiary/aromatic N) is 1. The van der Waals surface area contributed by atoms with Gasteiger partial charge in [-0.2, -0.15) is 0 Å². The Hall–Kier alpha value is -1.11. The number of carboxylic acid groups (broad SMARTS) is 1. The van der Waals surface area contributed by atoms with Crippen molar-refractivity contribution in [3.8, 4) is 0 Å². The van der Waals surface area contributed by atoms with Crippen molar-refractivity contribution < 1.29 is 15.4 Å². The van der Waals surface area contributed by atoms with Crippen LogP contribution in [-0.2, 0) is 11.2 Å². The molecule has 1 aromatic rings. The largest absolute Gasteiger partial charge is 0.480 e. The molecular weight excluding hydrogens is 199 g/mol. The van der Waals surface area contributed by atoms with Crippen LogP contribution in [0.4, 0.5) is 0 Å². The first-order valence-corrected chi connectivity index (χ1v) is 3.16. The van der Waals surface area contributed by atoms with Crippen molar-refractivity contribution in [1.82, 2.24) is 9.97 Å². The van der Waals surface area contributed by atoms with E-state index in [0.29, 0.717) is 0 Å². The Morgan fingerprint density at radius 3 is 2.77 bits per heavy atom. The molecule has 6 nitrogen and oxygen atoms in total. The smallest absolute Gasteiger partial charge is 0.320 e. The van der Waals surface area contributed by atoms with Crippen molar-refractivity contribution in [2.75, 3.05) is 0 Å². The Kier molecular flexibility index (Phi) is 7.11. The lowest BCUT2D eigenvalue weighted by Crippen LogP contribution is -2.32. The van der Waals surface area contributed by atoms with Gasteiger partial charge in [0.2, 0.25) is 0 Å². The van der Waals surface area contributed by atoms with Crippen molar-refractivity contribution in [3.05, 3.63) is 18.2 Å². The molecule has 1 atom stereocenters. The summed E-state index contributed by atoms with van der Waals surface area (Å²) in [6, 6.07) is -0.851. The highest BCUT2D eigenvalue weighted by molar-refractivity contribution is 5.85. The lowest BCUT2D eigenvalue weighted by Gasteiger charge is -2.02. The molecular formula is C6H12ClN3O3.